The fraction of sp³-hybridized carbons (Fsp3) is 0.0667. The Hall–Kier alpha value is -9.90. The fourth-order valence-corrected chi connectivity index (χ4v) is 11.8. The van der Waals surface area contributed by atoms with E-state index < -0.39 is 0 Å². The molecule has 0 aliphatic heterocycles. The molecule has 0 amide bonds. The van der Waals surface area contributed by atoms with Crippen molar-refractivity contribution in [2.45, 2.75) is 26.7 Å². The highest BCUT2D eigenvalue weighted by atomic mass is 15.1. The number of aromatic nitrogens is 3. The van der Waals surface area contributed by atoms with E-state index in [1.54, 1.807) is 0 Å². The van der Waals surface area contributed by atoms with Gasteiger partial charge in [0, 0.05) is 73.4 Å². The topological polar surface area (TPSA) is 18.0 Å². The number of benzene rings is 11. The number of hydrogen-bond donors (Lipinski definition) is 0. The van der Waals surface area contributed by atoms with E-state index in [4.69, 9.17) is 0 Å². The average Bonchev–Trinajstić information content (AvgIpc) is 4.37. The molecule has 0 atom stereocenters. The minimum Gasteiger partial charge on any atom is -0.344 e. The fourth-order valence-electron chi connectivity index (χ4n) is 11.8. The highest BCUT2D eigenvalue weighted by Crippen LogP contribution is 2.42. The molecule has 3 aromatic heterocycles. The summed E-state index contributed by atoms with van der Waals surface area (Å²) in [5.74, 6) is 0. The molecule has 0 saturated carbocycles. The van der Waals surface area contributed by atoms with Gasteiger partial charge < -0.3 is 18.6 Å². The molecule has 0 unspecified atom stereocenters. The molecule has 0 bridgehead atoms. The quantitative estimate of drug-likeness (QED) is 0.0933. The van der Waals surface area contributed by atoms with Gasteiger partial charge in [-0.05, 0) is 164 Å². The molecular formula is C75H60N4. The SMILES string of the molecule is C/C=C\CC/C=C\C.CN(c1ccccc1)c1ccc(-c2ccc3c(c2)c2ccccc2n3-c2cccc(-n3c4ccccc4c4cc(-c5ccc6c(c5)c5ccccc5n6-c5ccccc5)ccc43)c2)cc1-c1ccccc1. The van der Waals surface area contributed by atoms with Crippen molar-refractivity contribution in [1.82, 2.24) is 13.7 Å². The minimum absolute atomic E-state index is 1.12. The Bertz CT molecular complexity index is 4560. The molecule has 14 rings (SSSR count). The summed E-state index contributed by atoms with van der Waals surface area (Å²) >= 11 is 0. The molecule has 0 N–H and O–H groups in total. The molecule has 0 fully saturated rings. The molecular weight excluding hydrogens is 957 g/mol. The van der Waals surface area contributed by atoms with Crippen molar-refractivity contribution in [3.63, 3.8) is 0 Å². The van der Waals surface area contributed by atoms with Crippen LogP contribution in [-0.4, -0.2) is 20.7 Å². The first-order valence-corrected chi connectivity index (χ1v) is 27.5. The molecule has 4 heteroatoms. The number of anilines is 2. The number of nitrogens with zero attached hydrogens (tertiary/aromatic N) is 4. The van der Waals surface area contributed by atoms with Crippen LogP contribution in [0.3, 0.4) is 0 Å². The first kappa shape index (κ1) is 48.7. The molecule has 0 spiro atoms. The normalized spacial score (nSPS) is 11.7. The Morgan fingerprint density at radius 1 is 0.304 bits per heavy atom. The van der Waals surface area contributed by atoms with Gasteiger partial charge in [0.2, 0.25) is 0 Å². The highest BCUT2D eigenvalue weighted by molar-refractivity contribution is 6.14. The predicted molar refractivity (Wildman–Crippen MR) is 339 cm³/mol. The van der Waals surface area contributed by atoms with Gasteiger partial charge in [-0.2, -0.15) is 0 Å². The summed E-state index contributed by atoms with van der Waals surface area (Å²) in [5, 5.41) is 7.42. The van der Waals surface area contributed by atoms with Crippen molar-refractivity contribution in [3.8, 4) is 50.4 Å². The Morgan fingerprint density at radius 3 is 1.14 bits per heavy atom. The van der Waals surface area contributed by atoms with Crippen molar-refractivity contribution in [1.29, 1.82) is 0 Å². The molecule has 14 aromatic rings. The van der Waals surface area contributed by atoms with Crippen LogP contribution in [0.25, 0.3) is 116 Å². The zero-order chi connectivity index (χ0) is 53.2. The highest BCUT2D eigenvalue weighted by Gasteiger charge is 2.20. The van der Waals surface area contributed by atoms with E-state index in [0.717, 1.165) is 22.7 Å². The first-order chi connectivity index (χ1) is 39.1. The summed E-state index contributed by atoms with van der Waals surface area (Å²) < 4.78 is 7.25. The largest absolute Gasteiger partial charge is 0.344 e. The number of para-hydroxylation sites is 5. The number of allylic oxidation sites excluding steroid dienone is 4. The number of unbranched alkanes of at least 4 members (excludes halogenated alkanes) is 1. The predicted octanol–water partition coefficient (Wildman–Crippen LogP) is 20.7. The lowest BCUT2D eigenvalue weighted by Gasteiger charge is -2.24. The van der Waals surface area contributed by atoms with Crippen LogP contribution in [0, 0.1) is 0 Å². The zero-order valence-corrected chi connectivity index (χ0v) is 44.8. The van der Waals surface area contributed by atoms with Gasteiger partial charge in [0.05, 0.1) is 33.1 Å². The van der Waals surface area contributed by atoms with Crippen LogP contribution in [0.5, 0.6) is 0 Å². The third kappa shape index (κ3) is 8.97. The van der Waals surface area contributed by atoms with Crippen molar-refractivity contribution < 1.29 is 0 Å². The van der Waals surface area contributed by atoms with E-state index in [0.29, 0.717) is 0 Å². The van der Waals surface area contributed by atoms with Crippen molar-refractivity contribution in [3.05, 3.63) is 285 Å². The van der Waals surface area contributed by atoms with Gasteiger partial charge in [0.25, 0.3) is 0 Å². The lowest BCUT2D eigenvalue weighted by atomic mass is 9.96. The average molecular weight is 1020 g/mol. The molecule has 0 aliphatic carbocycles. The lowest BCUT2D eigenvalue weighted by molar-refractivity contribution is 1.05. The van der Waals surface area contributed by atoms with Gasteiger partial charge in [-0.25, -0.2) is 0 Å². The van der Waals surface area contributed by atoms with E-state index in [2.05, 4.69) is 325 Å². The first-order valence-electron chi connectivity index (χ1n) is 27.5. The number of rotatable bonds is 11. The Labute approximate surface area is 462 Å². The summed E-state index contributed by atoms with van der Waals surface area (Å²) in [6.45, 7) is 4.10. The van der Waals surface area contributed by atoms with Crippen LogP contribution >= 0.6 is 0 Å². The van der Waals surface area contributed by atoms with Crippen LogP contribution in [0.2, 0.25) is 0 Å². The second kappa shape index (κ2) is 21.3. The van der Waals surface area contributed by atoms with Gasteiger partial charge in [-0.3, -0.25) is 0 Å². The second-order valence-electron chi connectivity index (χ2n) is 20.3. The van der Waals surface area contributed by atoms with Crippen LogP contribution in [0.15, 0.2) is 285 Å². The molecule has 79 heavy (non-hydrogen) atoms. The maximum Gasteiger partial charge on any atom is 0.0541 e. The molecule has 0 radical (unpaired) electrons. The molecule has 3 heterocycles. The van der Waals surface area contributed by atoms with E-state index in [-0.39, 0.29) is 0 Å². The second-order valence-corrected chi connectivity index (χ2v) is 20.3. The third-order valence-electron chi connectivity index (χ3n) is 15.6. The van der Waals surface area contributed by atoms with Crippen LogP contribution < -0.4 is 4.90 Å². The molecule has 11 aromatic carbocycles. The third-order valence-corrected chi connectivity index (χ3v) is 15.6. The minimum atomic E-state index is 1.12. The number of hydrogen-bond acceptors (Lipinski definition) is 1. The van der Waals surface area contributed by atoms with E-state index in [1.165, 1.54) is 117 Å². The summed E-state index contributed by atoms with van der Waals surface area (Å²) in [6, 6.07) is 95.2. The molecule has 380 valence electrons. The van der Waals surface area contributed by atoms with E-state index in [1.807, 2.05) is 0 Å². The monoisotopic (exact) mass is 1020 g/mol. The summed E-state index contributed by atoms with van der Waals surface area (Å²) in [4.78, 5) is 2.28. The Balaban J connectivity index is 0.000000689. The van der Waals surface area contributed by atoms with E-state index >= 15 is 0 Å². The van der Waals surface area contributed by atoms with Crippen LogP contribution in [0.1, 0.15) is 26.7 Å². The maximum atomic E-state index is 2.43. The van der Waals surface area contributed by atoms with Gasteiger partial charge >= 0.3 is 0 Å². The Kier molecular flexibility index (Phi) is 13.1. The number of fused-ring (bicyclic) bond motifs is 9. The van der Waals surface area contributed by atoms with Crippen LogP contribution in [-0.2, 0) is 0 Å². The van der Waals surface area contributed by atoms with Crippen molar-refractivity contribution in [2.75, 3.05) is 11.9 Å². The van der Waals surface area contributed by atoms with Gasteiger partial charge in [-0.1, -0.05) is 176 Å². The standard InChI is InChI=1S/C67H46N4.C8H14/c1-68(50-20-7-3-8-21-50)61-36-32-46(40-57(61)45-18-5-2-6-19-45)47-34-38-66-59(41-47)55-27-12-15-30-63(55)70(66)52-24-17-25-53(44-52)71-64-31-16-13-28-56(64)60-43-49(35-39-67(60)71)48-33-37-65-58(42-48)54-26-11-14-29-62(54)69(65)51-22-9-4-10-23-51;1-3-5-7-8-6-4-2/h2-44H,1H3;3-6H,7-8H2,1-2H3/b;5-3-,6-4-. The van der Waals surface area contributed by atoms with Crippen molar-refractivity contribution in [2.24, 2.45) is 0 Å². The molecule has 0 aliphatic rings. The molecule has 0 saturated heterocycles. The lowest BCUT2D eigenvalue weighted by Crippen LogP contribution is -2.10. The van der Waals surface area contributed by atoms with E-state index in [9.17, 15) is 0 Å². The van der Waals surface area contributed by atoms with Crippen molar-refractivity contribution >= 4 is 76.8 Å². The zero-order valence-electron chi connectivity index (χ0n) is 44.8. The van der Waals surface area contributed by atoms with Gasteiger partial charge in [-0.15, -0.1) is 0 Å². The summed E-state index contributed by atoms with van der Waals surface area (Å²) in [5.41, 5.74) is 20.0. The van der Waals surface area contributed by atoms with Gasteiger partial charge in [0.15, 0.2) is 0 Å². The van der Waals surface area contributed by atoms with Crippen LogP contribution in [0.4, 0.5) is 11.4 Å². The smallest absolute Gasteiger partial charge is 0.0541 e. The molecule has 4 nitrogen and oxygen atoms in total. The maximum absolute atomic E-state index is 2.43. The summed E-state index contributed by atoms with van der Waals surface area (Å²) in [6.07, 6.45) is 10.9. The summed E-state index contributed by atoms with van der Waals surface area (Å²) in [7, 11) is 2.15. The Morgan fingerprint density at radius 2 is 0.671 bits per heavy atom. The van der Waals surface area contributed by atoms with Gasteiger partial charge in [0.1, 0.15) is 0 Å².